The molecule has 5 aliphatic rings. The molecule has 4 fully saturated rings. The topological polar surface area (TPSA) is 149 Å². The number of halogens is 5. The highest BCUT2D eigenvalue weighted by atomic mass is 35.5. The van der Waals surface area contributed by atoms with Crippen LogP contribution in [0.3, 0.4) is 0 Å². The largest absolute Gasteiger partial charge is 0.490 e. The molecule has 0 bridgehead atoms. The number of aromatic nitrogens is 4. The number of urea groups is 1. The molecule has 6 heterocycles. The second-order valence-electron chi connectivity index (χ2n) is 17.1. The van der Waals surface area contributed by atoms with Crippen LogP contribution in [0.1, 0.15) is 66.2 Å². The Kier molecular flexibility index (Phi) is 10.2. The normalized spacial score (nSPS) is 21.6. The zero-order chi connectivity index (χ0) is 43.8. The van der Waals surface area contributed by atoms with Gasteiger partial charge in [0.2, 0.25) is 5.91 Å². The number of carbonyl (C=O) groups is 3. The molecule has 2 saturated heterocycles. The average Bonchev–Trinajstić information content (AvgIpc) is 3.57. The smallest absolute Gasteiger partial charge is 0.408 e. The minimum atomic E-state index is -4.52. The first-order chi connectivity index (χ1) is 30.3. The highest BCUT2D eigenvalue weighted by Crippen LogP contribution is 2.51. The number of ether oxygens (including phenoxy) is 1. The maximum Gasteiger partial charge on any atom is 0.408 e. The summed E-state index contributed by atoms with van der Waals surface area (Å²) in [6, 6.07) is 13.0. The number of nitrogens with zero attached hydrogens (tertiary/aromatic N) is 7. The van der Waals surface area contributed by atoms with Gasteiger partial charge in [-0.15, -0.1) is 5.10 Å². The van der Waals surface area contributed by atoms with Crippen molar-refractivity contribution in [2.75, 3.05) is 48.3 Å². The van der Waals surface area contributed by atoms with Crippen molar-refractivity contribution in [2.24, 2.45) is 5.41 Å². The first-order valence-electron chi connectivity index (χ1n) is 21.0. The molecule has 0 radical (unpaired) electrons. The van der Waals surface area contributed by atoms with Crippen molar-refractivity contribution in [3.05, 3.63) is 88.8 Å². The molecule has 63 heavy (non-hydrogen) atoms. The standard InChI is InChI=1S/C44H43ClF4N10O4/c1-50-33-19-37(55-59-36(21-52-40(33)59)41(61)53-32-18-30(32)46)57-15-11-28-27(3-2-4-34(28)57)31-8-5-24(20-51-31)39(44(47,48)49)56-22-43(23-56)13-9-25(10-14-43)63-26-6-7-29(45)35(17-26)58-16-12-38(60)54-42(58)62/h2-8,17,19-21,25,30,32,39,50H,9-16,18,22-23H2,1H3,(H,53,61)(H,54,60,62)/t30-,32+,39?/m0/s1. The quantitative estimate of drug-likeness (QED) is 0.121. The third-order valence-corrected chi connectivity index (χ3v) is 13.3. The molecule has 328 valence electrons. The van der Waals surface area contributed by atoms with Gasteiger partial charge in [0, 0.05) is 75.6 Å². The fourth-order valence-corrected chi connectivity index (χ4v) is 9.84. The van der Waals surface area contributed by atoms with E-state index < -0.39 is 36.4 Å². The Morgan fingerprint density at radius 3 is 2.46 bits per heavy atom. The van der Waals surface area contributed by atoms with E-state index in [-0.39, 0.29) is 48.1 Å². The van der Waals surface area contributed by atoms with E-state index in [0.29, 0.717) is 91.0 Å². The molecule has 2 aromatic carbocycles. The number of rotatable bonds is 10. The zero-order valence-corrected chi connectivity index (χ0v) is 34.8. The highest BCUT2D eigenvalue weighted by molar-refractivity contribution is 6.34. The van der Waals surface area contributed by atoms with Crippen LogP contribution in [-0.2, 0) is 11.2 Å². The summed E-state index contributed by atoms with van der Waals surface area (Å²) in [4.78, 5) is 51.0. The number of alkyl halides is 4. The number of carbonyl (C=O) groups excluding carboxylic acids is 3. The van der Waals surface area contributed by atoms with Gasteiger partial charge in [0.05, 0.1) is 40.4 Å². The molecule has 3 atom stereocenters. The Morgan fingerprint density at radius 2 is 1.76 bits per heavy atom. The van der Waals surface area contributed by atoms with Crippen LogP contribution in [0.15, 0.2) is 67.0 Å². The number of nitrogens with one attached hydrogen (secondary N) is 3. The molecule has 1 spiro atoms. The van der Waals surface area contributed by atoms with Crippen LogP contribution >= 0.6 is 11.6 Å². The number of imidazole rings is 1. The lowest BCUT2D eigenvalue weighted by Gasteiger charge is -2.56. The van der Waals surface area contributed by atoms with Crippen molar-refractivity contribution < 1.29 is 36.7 Å². The van der Waals surface area contributed by atoms with Gasteiger partial charge in [-0.2, -0.15) is 13.2 Å². The van der Waals surface area contributed by atoms with E-state index in [1.165, 1.54) is 32.8 Å². The van der Waals surface area contributed by atoms with E-state index in [9.17, 15) is 31.9 Å². The summed E-state index contributed by atoms with van der Waals surface area (Å²) in [7, 11) is 1.74. The van der Waals surface area contributed by atoms with Crippen LogP contribution < -0.4 is 30.5 Å². The van der Waals surface area contributed by atoms with Gasteiger partial charge in [0.25, 0.3) is 5.91 Å². The molecule has 1 unspecified atom stereocenters. The predicted molar refractivity (Wildman–Crippen MR) is 226 cm³/mol. The molecule has 3 N–H and O–H groups in total. The fourth-order valence-electron chi connectivity index (χ4n) is 9.62. The van der Waals surface area contributed by atoms with Crippen LogP contribution in [0.4, 0.5) is 45.2 Å². The lowest BCUT2D eigenvalue weighted by atomic mass is 9.67. The summed E-state index contributed by atoms with van der Waals surface area (Å²) in [6.45, 7) is 1.36. The zero-order valence-electron chi connectivity index (χ0n) is 34.1. The van der Waals surface area contributed by atoms with E-state index in [2.05, 4.69) is 25.9 Å². The number of likely N-dealkylation sites (tertiary alicyclic amines) is 1. The summed E-state index contributed by atoms with van der Waals surface area (Å²) in [5, 5.41) is 13.2. The Balaban J connectivity index is 0.810. The molecule has 5 aromatic rings. The number of benzene rings is 2. The van der Waals surface area contributed by atoms with Crippen molar-refractivity contribution in [3.63, 3.8) is 0 Å². The van der Waals surface area contributed by atoms with Gasteiger partial charge >= 0.3 is 12.2 Å². The number of amides is 4. The number of imide groups is 1. The number of hydrogen-bond acceptors (Lipinski definition) is 10. The first kappa shape index (κ1) is 41.0. The summed E-state index contributed by atoms with van der Waals surface area (Å²) >= 11 is 6.40. The Hall–Kier alpha value is -6.01. The van der Waals surface area contributed by atoms with E-state index in [1.54, 1.807) is 31.3 Å². The monoisotopic (exact) mass is 886 g/mol. The number of hydrogen-bond donors (Lipinski definition) is 3. The molecule has 3 aromatic heterocycles. The van der Waals surface area contributed by atoms with E-state index in [1.807, 2.05) is 29.2 Å². The van der Waals surface area contributed by atoms with Gasteiger partial charge in [0.15, 0.2) is 17.2 Å². The SMILES string of the molecule is CNc1cc(N2CCc3c(-c4ccc(C(N5CC6(CCC(Oc7ccc(Cl)c(N8CCC(=O)NC8=O)c7)CC6)C5)C(F)(F)F)cn4)cccc32)nn2c(C(=O)N[C@@H]3C[C@@H]3F)cnc12. The van der Waals surface area contributed by atoms with Crippen LogP contribution in [0.25, 0.3) is 16.9 Å². The van der Waals surface area contributed by atoms with Gasteiger partial charge in [-0.3, -0.25) is 29.7 Å². The van der Waals surface area contributed by atoms with Crippen molar-refractivity contribution in [3.8, 4) is 17.0 Å². The minimum Gasteiger partial charge on any atom is -0.490 e. The molecule has 2 aliphatic carbocycles. The number of fused-ring (bicyclic) bond motifs is 2. The van der Waals surface area contributed by atoms with E-state index in [0.717, 1.165) is 16.8 Å². The third kappa shape index (κ3) is 7.66. The second-order valence-corrected chi connectivity index (χ2v) is 17.5. The van der Waals surface area contributed by atoms with Crippen LogP contribution in [-0.4, -0.2) is 100 Å². The Morgan fingerprint density at radius 1 is 0.984 bits per heavy atom. The summed E-state index contributed by atoms with van der Waals surface area (Å²) in [6.07, 6.45) is 0.846. The summed E-state index contributed by atoms with van der Waals surface area (Å²) in [5.74, 6) is 0.265. The van der Waals surface area contributed by atoms with Crippen molar-refractivity contribution in [2.45, 2.75) is 75.5 Å². The second kappa shape index (κ2) is 15.7. The first-order valence-corrected chi connectivity index (χ1v) is 21.4. The van der Waals surface area contributed by atoms with Crippen LogP contribution in [0.2, 0.25) is 5.02 Å². The van der Waals surface area contributed by atoms with E-state index in [4.69, 9.17) is 21.4 Å². The summed E-state index contributed by atoms with van der Waals surface area (Å²) < 4.78 is 65.9. The maximum atomic E-state index is 14.9. The highest BCUT2D eigenvalue weighted by Gasteiger charge is 2.54. The molecule has 2 saturated carbocycles. The molecule has 14 nitrogen and oxygen atoms in total. The summed E-state index contributed by atoms with van der Waals surface area (Å²) in [5.41, 5.74) is 4.73. The molecule has 4 amide bonds. The molecular formula is C44H43ClF4N10O4. The third-order valence-electron chi connectivity index (χ3n) is 13.0. The Labute approximate surface area is 363 Å². The van der Waals surface area contributed by atoms with E-state index >= 15 is 0 Å². The predicted octanol–water partition coefficient (Wildman–Crippen LogP) is 7.39. The average molecular weight is 887 g/mol. The molecule has 10 rings (SSSR count). The molecule has 3 aliphatic heterocycles. The fraction of sp³-hybridized carbons (Fsp3) is 0.409. The van der Waals surface area contributed by atoms with Gasteiger partial charge in [-0.25, -0.2) is 18.7 Å². The number of pyridine rings is 1. The maximum absolute atomic E-state index is 14.9. The molecule has 19 heteroatoms. The lowest BCUT2D eigenvalue weighted by molar-refractivity contribution is -0.217. The molecular weight excluding hydrogens is 844 g/mol. The van der Waals surface area contributed by atoms with Gasteiger partial charge < -0.3 is 20.3 Å². The van der Waals surface area contributed by atoms with Crippen LogP contribution in [0, 0.1) is 5.41 Å². The van der Waals surface area contributed by atoms with Gasteiger partial charge in [-0.05, 0) is 72.9 Å². The lowest BCUT2D eigenvalue weighted by Crippen LogP contribution is -2.61. The van der Waals surface area contributed by atoms with Crippen molar-refractivity contribution >= 4 is 58.0 Å². The van der Waals surface area contributed by atoms with Gasteiger partial charge in [0.1, 0.15) is 18.0 Å². The minimum absolute atomic E-state index is 0.0820. The Bertz CT molecular complexity index is 2630. The van der Waals surface area contributed by atoms with Gasteiger partial charge in [-0.1, -0.05) is 29.8 Å². The van der Waals surface area contributed by atoms with Crippen molar-refractivity contribution in [1.29, 1.82) is 0 Å². The van der Waals surface area contributed by atoms with Crippen molar-refractivity contribution in [1.82, 2.24) is 35.1 Å². The number of anilines is 4. The van der Waals surface area contributed by atoms with Crippen LogP contribution in [0.5, 0.6) is 5.75 Å².